The van der Waals surface area contributed by atoms with Gasteiger partial charge in [-0.2, -0.15) is 0 Å². The number of hydrogen-bond donors (Lipinski definition) is 1. The van der Waals surface area contributed by atoms with E-state index >= 15 is 0 Å². The standard InChI is InChI=1S/C16H19N3S/c1-2-3-11-19(13-7-5-4-6-8-13)15-12-18-10-9-14(15)16(17)20/h4-10,12H,2-3,11H2,1H3,(H2,17,20). The molecule has 0 aliphatic heterocycles. The molecule has 2 rings (SSSR count). The summed E-state index contributed by atoms with van der Waals surface area (Å²) in [4.78, 5) is 6.86. The van der Waals surface area contributed by atoms with Crippen molar-refractivity contribution in [2.24, 2.45) is 5.73 Å². The first kappa shape index (κ1) is 14.5. The summed E-state index contributed by atoms with van der Waals surface area (Å²) in [5, 5.41) is 0. The SMILES string of the molecule is CCCCN(c1ccccc1)c1cnccc1C(N)=S. The molecule has 0 saturated heterocycles. The van der Waals surface area contributed by atoms with Gasteiger partial charge < -0.3 is 10.6 Å². The van der Waals surface area contributed by atoms with Crippen molar-refractivity contribution in [3.63, 3.8) is 0 Å². The topological polar surface area (TPSA) is 42.2 Å². The fraction of sp³-hybridized carbons (Fsp3) is 0.250. The average Bonchev–Trinajstić information content (AvgIpc) is 2.49. The number of aromatic nitrogens is 1. The first-order chi connectivity index (χ1) is 9.74. The molecule has 2 N–H and O–H groups in total. The van der Waals surface area contributed by atoms with Crippen LogP contribution in [-0.2, 0) is 0 Å². The fourth-order valence-corrected chi connectivity index (χ4v) is 2.29. The molecule has 104 valence electrons. The number of hydrogen-bond acceptors (Lipinski definition) is 3. The zero-order valence-corrected chi connectivity index (χ0v) is 12.4. The molecule has 3 nitrogen and oxygen atoms in total. The normalized spacial score (nSPS) is 10.2. The van der Waals surface area contributed by atoms with Crippen molar-refractivity contribution >= 4 is 28.6 Å². The number of unbranched alkanes of at least 4 members (excludes halogenated alkanes) is 1. The molecule has 2 aromatic rings. The lowest BCUT2D eigenvalue weighted by atomic mass is 10.1. The molecule has 0 fully saturated rings. The molecule has 0 spiro atoms. The van der Waals surface area contributed by atoms with Crippen LogP contribution in [0.5, 0.6) is 0 Å². The summed E-state index contributed by atoms with van der Waals surface area (Å²) in [7, 11) is 0. The smallest absolute Gasteiger partial charge is 0.106 e. The third-order valence-corrected chi connectivity index (χ3v) is 3.38. The molecule has 20 heavy (non-hydrogen) atoms. The third kappa shape index (κ3) is 3.33. The first-order valence-electron chi connectivity index (χ1n) is 6.80. The minimum atomic E-state index is 0.403. The number of anilines is 2. The second-order valence-electron chi connectivity index (χ2n) is 4.60. The molecule has 0 aliphatic carbocycles. The van der Waals surface area contributed by atoms with Gasteiger partial charge in [0.15, 0.2) is 0 Å². The zero-order valence-electron chi connectivity index (χ0n) is 11.6. The van der Waals surface area contributed by atoms with Gasteiger partial charge in [0.25, 0.3) is 0 Å². The molecule has 1 aromatic carbocycles. The Balaban J connectivity index is 2.44. The summed E-state index contributed by atoms with van der Waals surface area (Å²) in [6.45, 7) is 3.10. The number of benzene rings is 1. The Morgan fingerprint density at radius 1 is 1.25 bits per heavy atom. The number of thiocarbonyl (C=S) groups is 1. The van der Waals surface area contributed by atoms with Gasteiger partial charge in [-0.25, -0.2) is 0 Å². The van der Waals surface area contributed by atoms with E-state index < -0.39 is 0 Å². The van der Waals surface area contributed by atoms with Gasteiger partial charge in [-0.05, 0) is 24.6 Å². The van der Waals surface area contributed by atoms with E-state index in [0.717, 1.165) is 36.3 Å². The van der Waals surface area contributed by atoms with Crippen molar-refractivity contribution in [2.75, 3.05) is 11.4 Å². The number of nitrogens with two attached hydrogens (primary N) is 1. The van der Waals surface area contributed by atoms with Gasteiger partial charge in [-0.3, -0.25) is 4.98 Å². The highest BCUT2D eigenvalue weighted by atomic mass is 32.1. The van der Waals surface area contributed by atoms with Crippen molar-refractivity contribution in [3.8, 4) is 0 Å². The summed E-state index contributed by atoms with van der Waals surface area (Å²) in [6.07, 6.45) is 5.78. The van der Waals surface area contributed by atoms with Gasteiger partial charge in [0.05, 0.1) is 11.9 Å². The van der Waals surface area contributed by atoms with Gasteiger partial charge >= 0.3 is 0 Å². The molecule has 1 aromatic heterocycles. The van der Waals surface area contributed by atoms with Crippen LogP contribution in [0.15, 0.2) is 48.8 Å². The van der Waals surface area contributed by atoms with Crippen molar-refractivity contribution in [1.82, 2.24) is 4.98 Å². The lowest BCUT2D eigenvalue weighted by Crippen LogP contribution is -2.23. The number of pyridine rings is 1. The molecule has 0 saturated carbocycles. The Morgan fingerprint density at radius 3 is 2.65 bits per heavy atom. The van der Waals surface area contributed by atoms with E-state index in [0.29, 0.717) is 4.99 Å². The van der Waals surface area contributed by atoms with E-state index in [1.54, 1.807) is 6.20 Å². The van der Waals surface area contributed by atoms with E-state index in [-0.39, 0.29) is 0 Å². The maximum Gasteiger partial charge on any atom is 0.106 e. The third-order valence-electron chi connectivity index (χ3n) is 3.16. The van der Waals surface area contributed by atoms with E-state index in [9.17, 15) is 0 Å². The summed E-state index contributed by atoms with van der Waals surface area (Å²) in [6, 6.07) is 12.1. The molecule has 0 atom stereocenters. The van der Waals surface area contributed by atoms with Crippen LogP contribution in [0.2, 0.25) is 0 Å². The molecular formula is C16H19N3S. The Morgan fingerprint density at radius 2 is 2.00 bits per heavy atom. The Kier molecular flexibility index (Phi) is 5.07. The fourth-order valence-electron chi connectivity index (χ4n) is 2.12. The van der Waals surface area contributed by atoms with Crippen molar-refractivity contribution in [2.45, 2.75) is 19.8 Å². The van der Waals surface area contributed by atoms with Crippen LogP contribution in [-0.4, -0.2) is 16.5 Å². The lowest BCUT2D eigenvalue weighted by molar-refractivity contribution is 0.784. The van der Waals surface area contributed by atoms with Crippen molar-refractivity contribution in [3.05, 3.63) is 54.4 Å². The van der Waals surface area contributed by atoms with E-state index in [1.807, 2.05) is 30.5 Å². The molecule has 0 unspecified atom stereocenters. The summed E-state index contributed by atoms with van der Waals surface area (Å²) >= 11 is 5.15. The second kappa shape index (κ2) is 7.01. The van der Waals surface area contributed by atoms with Crippen LogP contribution >= 0.6 is 12.2 Å². The average molecular weight is 285 g/mol. The highest BCUT2D eigenvalue weighted by Crippen LogP contribution is 2.28. The highest BCUT2D eigenvalue weighted by Gasteiger charge is 2.14. The molecular weight excluding hydrogens is 266 g/mol. The quantitative estimate of drug-likeness (QED) is 0.823. The number of nitrogens with zero attached hydrogens (tertiary/aromatic N) is 2. The number of para-hydroxylation sites is 1. The predicted octanol–water partition coefficient (Wildman–Crippen LogP) is 3.65. The van der Waals surface area contributed by atoms with Crippen molar-refractivity contribution < 1.29 is 0 Å². The van der Waals surface area contributed by atoms with Crippen LogP contribution < -0.4 is 10.6 Å². The number of rotatable bonds is 6. The minimum absolute atomic E-state index is 0.403. The Bertz CT molecular complexity index is 569. The molecule has 1 heterocycles. The van der Waals surface area contributed by atoms with Crippen LogP contribution in [0.4, 0.5) is 11.4 Å². The summed E-state index contributed by atoms with van der Waals surface area (Å²) in [5.41, 5.74) is 8.81. The molecule has 0 amide bonds. The first-order valence-corrected chi connectivity index (χ1v) is 7.21. The summed E-state index contributed by atoms with van der Waals surface area (Å²) < 4.78 is 0. The van der Waals surface area contributed by atoms with Gasteiger partial charge in [0.1, 0.15) is 4.99 Å². The summed E-state index contributed by atoms with van der Waals surface area (Å²) in [5.74, 6) is 0. The molecule has 0 radical (unpaired) electrons. The van der Waals surface area contributed by atoms with Crippen LogP contribution in [0.3, 0.4) is 0 Å². The molecule has 4 heteroatoms. The lowest BCUT2D eigenvalue weighted by Gasteiger charge is -2.26. The monoisotopic (exact) mass is 285 g/mol. The van der Waals surface area contributed by atoms with Crippen molar-refractivity contribution in [1.29, 1.82) is 0 Å². The molecule has 0 aliphatic rings. The van der Waals surface area contributed by atoms with Gasteiger partial charge in [0.2, 0.25) is 0 Å². The highest BCUT2D eigenvalue weighted by molar-refractivity contribution is 7.80. The van der Waals surface area contributed by atoms with Gasteiger partial charge in [-0.15, -0.1) is 0 Å². The Labute approximate surface area is 125 Å². The van der Waals surface area contributed by atoms with Gasteiger partial charge in [-0.1, -0.05) is 43.8 Å². The van der Waals surface area contributed by atoms with Gasteiger partial charge in [0, 0.05) is 24.0 Å². The maximum absolute atomic E-state index is 5.84. The predicted molar refractivity (Wildman–Crippen MR) is 88.5 cm³/mol. The second-order valence-corrected chi connectivity index (χ2v) is 5.04. The zero-order chi connectivity index (χ0) is 14.4. The van der Waals surface area contributed by atoms with Crippen LogP contribution in [0.25, 0.3) is 0 Å². The van der Waals surface area contributed by atoms with E-state index in [4.69, 9.17) is 18.0 Å². The van der Waals surface area contributed by atoms with Crippen LogP contribution in [0.1, 0.15) is 25.3 Å². The minimum Gasteiger partial charge on any atom is -0.389 e. The largest absolute Gasteiger partial charge is 0.389 e. The van der Waals surface area contributed by atoms with Crippen LogP contribution in [0, 0.1) is 0 Å². The maximum atomic E-state index is 5.84. The van der Waals surface area contributed by atoms with E-state index in [1.165, 1.54) is 0 Å². The molecule has 0 bridgehead atoms. The Hall–Kier alpha value is -1.94. The van der Waals surface area contributed by atoms with E-state index in [2.05, 4.69) is 28.9 Å².